The van der Waals surface area contributed by atoms with Gasteiger partial charge in [-0.15, -0.1) is 0 Å². The minimum absolute atomic E-state index is 0.0736. The molecule has 2 fully saturated rings. The van der Waals surface area contributed by atoms with Crippen LogP contribution in [0.5, 0.6) is 0 Å². The van der Waals surface area contributed by atoms with Gasteiger partial charge in [-0.3, -0.25) is 33.6 Å². The van der Waals surface area contributed by atoms with Gasteiger partial charge >= 0.3 is 41.8 Å². The van der Waals surface area contributed by atoms with Gasteiger partial charge in [0, 0.05) is 48.5 Å². The molecule has 0 aromatic heterocycles. The molecule has 2 aliphatic heterocycles. The van der Waals surface area contributed by atoms with Crippen LogP contribution in [0.3, 0.4) is 0 Å². The summed E-state index contributed by atoms with van der Waals surface area (Å²) < 4.78 is 61.7. The van der Waals surface area contributed by atoms with Gasteiger partial charge in [0.05, 0.1) is 6.61 Å². The van der Waals surface area contributed by atoms with Gasteiger partial charge in [0.25, 0.3) is 0 Å². The van der Waals surface area contributed by atoms with Crippen LogP contribution in [0, 0.1) is 0 Å². The van der Waals surface area contributed by atoms with Gasteiger partial charge in [0.1, 0.15) is 31.5 Å². The molecule has 0 aromatic rings. The Morgan fingerprint density at radius 3 is 1.31 bits per heavy atom. The lowest BCUT2D eigenvalue weighted by Gasteiger charge is -2.48. The van der Waals surface area contributed by atoms with E-state index in [2.05, 4.69) is 12.6 Å². The lowest BCUT2D eigenvalue weighted by Crippen LogP contribution is -2.67. The van der Waals surface area contributed by atoms with Crippen LogP contribution in [-0.2, 0) is 85.7 Å². The lowest BCUT2D eigenvalue weighted by molar-refractivity contribution is -0.361. The molecule has 0 saturated carbocycles. The maximum absolute atomic E-state index is 12.4. The van der Waals surface area contributed by atoms with Crippen molar-refractivity contribution in [2.75, 3.05) is 25.6 Å². The van der Waals surface area contributed by atoms with Gasteiger partial charge in [0.2, 0.25) is 0 Å². The number of hydrogen-bond acceptors (Lipinski definition) is 19. The van der Waals surface area contributed by atoms with Crippen molar-refractivity contribution < 1.29 is 85.7 Å². The van der Waals surface area contributed by atoms with Gasteiger partial charge in [-0.25, -0.2) is 0 Å². The molecule has 0 aromatic carbocycles. The molecular formula is C29H42O18S. The van der Waals surface area contributed by atoms with Crippen molar-refractivity contribution in [2.45, 2.75) is 116 Å². The summed E-state index contributed by atoms with van der Waals surface area (Å²) in [6, 6.07) is 0. The third-order valence-corrected chi connectivity index (χ3v) is 6.79. The van der Waals surface area contributed by atoms with Gasteiger partial charge < -0.3 is 52.1 Å². The number of ether oxygens (including phenoxy) is 11. The van der Waals surface area contributed by atoms with Crippen molar-refractivity contribution in [1.29, 1.82) is 0 Å². The maximum Gasteiger partial charge on any atom is 0.303 e. The Morgan fingerprint density at radius 1 is 0.500 bits per heavy atom. The zero-order chi connectivity index (χ0) is 36.1. The highest BCUT2D eigenvalue weighted by atomic mass is 32.1. The molecule has 0 amide bonds. The zero-order valence-corrected chi connectivity index (χ0v) is 28.5. The molecule has 19 heteroatoms. The molecule has 272 valence electrons. The molecule has 0 N–H and O–H groups in total. The van der Waals surface area contributed by atoms with E-state index < -0.39 is 116 Å². The van der Waals surface area contributed by atoms with E-state index in [1.807, 2.05) is 0 Å². The normalized spacial score (nSPS) is 29.8. The van der Waals surface area contributed by atoms with Crippen LogP contribution in [0.15, 0.2) is 0 Å². The van der Waals surface area contributed by atoms with Crippen molar-refractivity contribution in [3.8, 4) is 0 Å². The largest absolute Gasteiger partial charge is 0.463 e. The number of carbonyl (C=O) groups excluding carboxylic acids is 7. The first-order valence-corrected chi connectivity index (χ1v) is 15.5. The molecule has 18 nitrogen and oxygen atoms in total. The minimum Gasteiger partial charge on any atom is -0.463 e. The van der Waals surface area contributed by atoms with E-state index in [4.69, 9.17) is 52.1 Å². The second-order valence-corrected chi connectivity index (χ2v) is 11.1. The smallest absolute Gasteiger partial charge is 0.303 e. The molecule has 0 radical (unpaired) electrons. The van der Waals surface area contributed by atoms with E-state index in [-0.39, 0.29) is 6.61 Å². The van der Waals surface area contributed by atoms with Crippen molar-refractivity contribution in [3.63, 3.8) is 0 Å². The quantitative estimate of drug-likeness (QED) is 0.102. The number of hydrogen-bond donors (Lipinski definition) is 1. The summed E-state index contributed by atoms with van der Waals surface area (Å²) in [5.41, 5.74) is 0. The third-order valence-electron chi connectivity index (χ3n) is 6.47. The monoisotopic (exact) mass is 710 g/mol. The van der Waals surface area contributed by atoms with Crippen molar-refractivity contribution in [1.82, 2.24) is 0 Å². The molecule has 10 unspecified atom stereocenters. The molecule has 0 aliphatic carbocycles. The van der Waals surface area contributed by atoms with Crippen molar-refractivity contribution in [3.05, 3.63) is 0 Å². The molecule has 2 aliphatic rings. The fourth-order valence-electron chi connectivity index (χ4n) is 4.87. The van der Waals surface area contributed by atoms with Crippen LogP contribution in [0.2, 0.25) is 0 Å². The van der Waals surface area contributed by atoms with Gasteiger partial charge in [-0.1, -0.05) is 0 Å². The average Bonchev–Trinajstić information content (AvgIpc) is 2.95. The second kappa shape index (κ2) is 19.5. The highest BCUT2D eigenvalue weighted by Gasteiger charge is 2.57. The molecular weight excluding hydrogens is 668 g/mol. The van der Waals surface area contributed by atoms with E-state index in [9.17, 15) is 33.6 Å². The topological polar surface area (TPSA) is 221 Å². The molecule has 0 bridgehead atoms. The van der Waals surface area contributed by atoms with Crippen molar-refractivity contribution in [2.24, 2.45) is 0 Å². The van der Waals surface area contributed by atoms with Crippen LogP contribution in [0.1, 0.15) is 54.9 Å². The summed E-state index contributed by atoms with van der Waals surface area (Å²) in [5, 5.41) is 0. The lowest BCUT2D eigenvalue weighted by atomic mass is 9.96. The molecule has 48 heavy (non-hydrogen) atoms. The number of carbonyl (C=O) groups is 7. The molecule has 10 atom stereocenters. The summed E-state index contributed by atoms with van der Waals surface area (Å²) >= 11 is 4.15. The first-order chi connectivity index (χ1) is 22.5. The molecule has 2 saturated heterocycles. The molecule has 2 heterocycles. The highest BCUT2D eigenvalue weighted by molar-refractivity contribution is 7.80. The summed E-state index contributed by atoms with van der Waals surface area (Å²) in [7, 11) is 0. The summed E-state index contributed by atoms with van der Waals surface area (Å²) in [4.78, 5) is 84.8. The molecule has 2 rings (SSSR count). The first-order valence-electron chi connectivity index (χ1n) is 14.9. The van der Waals surface area contributed by atoms with Crippen LogP contribution in [-0.4, -0.2) is 129 Å². The fourth-order valence-corrected chi connectivity index (χ4v) is 5.00. The standard InChI is InChI=1S/C29H42O18S/c1-13(30)38-11-20-22(40-15(3)32)24(41-16(4)33)27(44-19(7)36)29(46-20)47-23-21(12-39-14(2)31)45-28(37-9-8-10-48)26(43-18(6)35)25(23)42-17(5)34/h20-29,48H,8-12H2,1-7H3. The predicted molar refractivity (Wildman–Crippen MR) is 158 cm³/mol. The Kier molecular flexibility index (Phi) is 16.5. The summed E-state index contributed by atoms with van der Waals surface area (Å²) in [6.45, 7) is 6.54. The van der Waals surface area contributed by atoms with Crippen LogP contribution >= 0.6 is 12.6 Å². The van der Waals surface area contributed by atoms with Crippen molar-refractivity contribution >= 4 is 54.4 Å². The predicted octanol–water partition coefficient (Wildman–Crippen LogP) is -0.0574. The van der Waals surface area contributed by atoms with E-state index in [1.165, 1.54) is 0 Å². The Labute approximate surface area is 281 Å². The van der Waals surface area contributed by atoms with Crippen LogP contribution < -0.4 is 0 Å². The van der Waals surface area contributed by atoms with Crippen LogP contribution in [0.4, 0.5) is 0 Å². The second-order valence-electron chi connectivity index (χ2n) is 10.6. The zero-order valence-electron chi connectivity index (χ0n) is 27.6. The van der Waals surface area contributed by atoms with E-state index in [0.717, 1.165) is 48.5 Å². The summed E-state index contributed by atoms with van der Waals surface area (Å²) in [5.74, 6) is -5.33. The maximum atomic E-state index is 12.4. The molecule has 0 spiro atoms. The van der Waals surface area contributed by atoms with Gasteiger partial charge in [-0.05, 0) is 12.2 Å². The Hall–Kier alpha value is -3.52. The minimum atomic E-state index is -1.77. The van der Waals surface area contributed by atoms with E-state index in [1.54, 1.807) is 0 Å². The Balaban J connectivity index is 2.71. The van der Waals surface area contributed by atoms with E-state index in [0.29, 0.717) is 12.2 Å². The summed E-state index contributed by atoms with van der Waals surface area (Å²) in [6.07, 6.45) is -14.7. The number of esters is 7. The third kappa shape index (κ3) is 12.8. The Morgan fingerprint density at radius 2 is 0.875 bits per heavy atom. The fraction of sp³-hybridized carbons (Fsp3) is 0.759. The highest BCUT2D eigenvalue weighted by Crippen LogP contribution is 2.35. The number of rotatable bonds is 15. The Bertz CT molecular complexity index is 1160. The van der Waals surface area contributed by atoms with Crippen LogP contribution in [0.25, 0.3) is 0 Å². The first kappa shape index (κ1) is 40.7. The SMILES string of the molecule is CC(=O)OCC1OC(OC2C(COC(C)=O)OC(OCCCS)C(OC(C)=O)C2OC(C)=O)C(OC(C)=O)C(OC(C)=O)C1OC(C)=O. The number of thiol groups is 1. The van der Waals surface area contributed by atoms with Gasteiger partial charge in [0.15, 0.2) is 43.1 Å². The van der Waals surface area contributed by atoms with Gasteiger partial charge in [-0.2, -0.15) is 12.6 Å². The van der Waals surface area contributed by atoms with E-state index >= 15 is 0 Å². The average molecular weight is 711 g/mol.